The number of benzene rings is 1. The van der Waals surface area contributed by atoms with Crippen molar-refractivity contribution >= 4 is 11.9 Å². The molecule has 0 atom stereocenters. The lowest BCUT2D eigenvalue weighted by Crippen LogP contribution is -2.13. The minimum Gasteiger partial charge on any atom is -0.466 e. The summed E-state index contributed by atoms with van der Waals surface area (Å²) in [7, 11) is 1.46. The number of anilines is 1. The Morgan fingerprint density at radius 3 is 2.83 bits per heavy atom. The van der Waals surface area contributed by atoms with Gasteiger partial charge in [-0.1, -0.05) is 30.3 Å². The predicted octanol–water partition coefficient (Wildman–Crippen LogP) is 1.38. The normalized spacial score (nSPS) is 10.1. The summed E-state index contributed by atoms with van der Waals surface area (Å²) in [4.78, 5) is 15.5. The number of nitrogens with one attached hydrogen (secondary N) is 2. The summed E-state index contributed by atoms with van der Waals surface area (Å²) in [6.07, 6.45) is 1.09. The number of ether oxygens (including phenoxy) is 1. The molecule has 0 fully saturated rings. The third-order valence-corrected chi connectivity index (χ3v) is 2.39. The molecule has 0 aliphatic carbocycles. The van der Waals surface area contributed by atoms with Gasteiger partial charge in [0.2, 0.25) is 11.9 Å². The quantitative estimate of drug-likeness (QED) is 0.835. The minimum absolute atomic E-state index is 0.113. The van der Waals surface area contributed by atoms with Crippen LogP contribution in [0, 0.1) is 0 Å². The predicted molar refractivity (Wildman–Crippen MR) is 66.3 cm³/mol. The van der Waals surface area contributed by atoms with Crippen LogP contribution in [-0.4, -0.2) is 28.2 Å². The number of aromatic amines is 1. The fourth-order valence-corrected chi connectivity index (χ4v) is 1.49. The Morgan fingerprint density at radius 1 is 1.39 bits per heavy atom. The number of carbonyl (C=O) groups is 1. The molecule has 2 rings (SSSR count). The topological polar surface area (TPSA) is 79.9 Å². The van der Waals surface area contributed by atoms with E-state index in [9.17, 15) is 4.79 Å². The molecule has 94 valence electrons. The maximum absolute atomic E-state index is 11.6. The summed E-state index contributed by atoms with van der Waals surface area (Å²) >= 11 is 0. The molecule has 1 aromatic heterocycles. The Bertz CT molecular complexity index is 510. The van der Waals surface area contributed by atoms with E-state index in [1.54, 1.807) is 0 Å². The van der Waals surface area contributed by atoms with Crippen LogP contribution in [0.1, 0.15) is 12.0 Å². The monoisotopic (exact) mass is 246 g/mol. The maximum Gasteiger partial charge on any atom is 0.336 e. The smallest absolute Gasteiger partial charge is 0.336 e. The maximum atomic E-state index is 11.6. The summed E-state index contributed by atoms with van der Waals surface area (Å²) < 4.78 is 4.80. The van der Waals surface area contributed by atoms with Gasteiger partial charge in [0.25, 0.3) is 0 Å². The second-order valence-electron chi connectivity index (χ2n) is 3.70. The first-order valence-electron chi connectivity index (χ1n) is 5.58. The van der Waals surface area contributed by atoms with E-state index in [1.807, 2.05) is 30.3 Å². The molecule has 2 N–H and O–H groups in total. The highest BCUT2D eigenvalue weighted by Gasteiger charge is 2.07. The number of aryl methyl sites for hydroxylation is 1. The minimum atomic E-state index is -0.113. The van der Waals surface area contributed by atoms with Gasteiger partial charge in [0.05, 0.1) is 7.11 Å². The molecule has 18 heavy (non-hydrogen) atoms. The van der Waals surface area contributed by atoms with Crippen LogP contribution in [0.5, 0.6) is 6.01 Å². The van der Waals surface area contributed by atoms with Crippen LogP contribution < -0.4 is 10.1 Å². The Kier molecular flexibility index (Phi) is 3.90. The zero-order valence-electron chi connectivity index (χ0n) is 10.0. The molecule has 0 saturated heterocycles. The molecule has 0 radical (unpaired) electrons. The van der Waals surface area contributed by atoms with E-state index in [-0.39, 0.29) is 11.9 Å². The molecule has 0 saturated carbocycles. The second kappa shape index (κ2) is 5.81. The van der Waals surface area contributed by atoms with Crippen LogP contribution in [0.4, 0.5) is 5.95 Å². The molecule has 0 spiro atoms. The van der Waals surface area contributed by atoms with Gasteiger partial charge in [-0.15, -0.1) is 5.10 Å². The molecule has 0 bridgehead atoms. The highest BCUT2D eigenvalue weighted by Crippen LogP contribution is 2.06. The van der Waals surface area contributed by atoms with Crippen molar-refractivity contribution in [2.24, 2.45) is 0 Å². The number of methoxy groups -OCH3 is 1. The third-order valence-electron chi connectivity index (χ3n) is 2.39. The van der Waals surface area contributed by atoms with Crippen molar-refractivity contribution in [3.63, 3.8) is 0 Å². The molecular weight excluding hydrogens is 232 g/mol. The fourth-order valence-electron chi connectivity index (χ4n) is 1.49. The molecule has 2 aromatic rings. The fraction of sp³-hybridized carbons (Fsp3) is 0.250. The van der Waals surface area contributed by atoms with Crippen molar-refractivity contribution in [2.45, 2.75) is 12.8 Å². The zero-order valence-corrected chi connectivity index (χ0v) is 10.0. The number of H-pyrrole nitrogens is 1. The van der Waals surface area contributed by atoms with E-state index in [2.05, 4.69) is 20.5 Å². The third kappa shape index (κ3) is 3.31. The molecule has 0 aliphatic rings. The number of aromatic nitrogens is 3. The van der Waals surface area contributed by atoms with Crippen LogP contribution >= 0.6 is 0 Å². The number of nitrogens with zero attached hydrogens (tertiary/aromatic N) is 2. The van der Waals surface area contributed by atoms with Crippen molar-refractivity contribution in [2.75, 3.05) is 12.4 Å². The van der Waals surface area contributed by atoms with Gasteiger partial charge in [0, 0.05) is 6.42 Å². The van der Waals surface area contributed by atoms with Crippen molar-refractivity contribution < 1.29 is 9.53 Å². The SMILES string of the molecule is COc1n[nH]c(NC(=O)CCc2ccccc2)n1. The Labute approximate surface area is 104 Å². The standard InChI is InChI=1S/C12H14N4O2/c1-18-12-14-11(15-16-12)13-10(17)8-7-9-5-3-2-4-6-9/h2-6H,7-8H2,1H3,(H2,13,14,15,16,17). The molecule has 0 aliphatic heterocycles. The van der Waals surface area contributed by atoms with Gasteiger partial charge < -0.3 is 4.74 Å². The molecule has 1 aromatic carbocycles. The molecule has 0 unspecified atom stereocenters. The summed E-state index contributed by atoms with van der Waals surface area (Å²) in [6, 6.07) is 10.0. The molecular formula is C12H14N4O2. The van der Waals surface area contributed by atoms with Crippen LogP contribution in [0.2, 0.25) is 0 Å². The lowest BCUT2D eigenvalue weighted by atomic mass is 10.1. The first-order chi connectivity index (χ1) is 8.78. The van der Waals surface area contributed by atoms with Crippen LogP contribution in [0.25, 0.3) is 0 Å². The average molecular weight is 246 g/mol. The number of carbonyl (C=O) groups excluding carboxylic acids is 1. The summed E-state index contributed by atoms with van der Waals surface area (Å²) in [5, 5.41) is 8.92. The molecule has 1 amide bonds. The average Bonchev–Trinajstić information content (AvgIpc) is 2.85. The highest BCUT2D eigenvalue weighted by molar-refractivity contribution is 5.89. The Balaban J connectivity index is 1.82. The van der Waals surface area contributed by atoms with Crippen molar-refractivity contribution in [3.8, 4) is 6.01 Å². The summed E-state index contributed by atoms with van der Waals surface area (Å²) in [6.45, 7) is 0. The number of hydrogen-bond donors (Lipinski definition) is 2. The lowest BCUT2D eigenvalue weighted by molar-refractivity contribution is -0.116. The molecule has 1 heterocycles. The van der Waals surface area contributed by atoms with Crippen molar-refractivity contribution in [1.82, 2.24) is 15.2 Å². The van der Waals surface area contributed by atoms with Gasteiger partial charge in [-0.3, -0.25) is 10.1 Å². The van der Waals surface area contributed by atoms with Crippen molar-refractivity contribution in [3.05, 3.63) is 35.9 Å². The van der Waals surface area contributed by atoms with Crippen LogP contribution in [0.15, 0.2) is 30.3 Å². The first-order valence-corrected chi connectivity index (χ1v) is 5.58. The zero-order chi connectivity index (χ0) is 12.8. The molecule has 6 nitrogen and oxygen atoms in total. The van der Waals surface area contributed by atoms with E-state index < -0.39 is 0 Å². The Hall–Kier alpha value is -2.37. The van der Waals surface area contributed by atoms with E-state index >= 15 is 0 Å². The second-order valence-corrected chi connectivity index (χ2v) is 3.70. The van der Waals surface area contributed by atoms with Crippen LogP contribution in [0.3, 0.4) is 0 Å². The van der Waals surface area contributed by atoms with Gasteiger partial charge in [0.15, 0.2) is 0 Å². The first kappa shape index (κ1) is 12.1. The lowest BCUT2D eigenvalue weighted by Gasteiger charge is -2.01. The molecule has 6 heteroatoms. The van der Waals surface area contributed by atoms with E-state index in [0.29, 0.717) is 18.8 Å². The van der Waals surface area contributed by atoms with E-state index in [0.717, 1.165) is 5.56 Å². The van der Waals surface area contributed by atoms with Gasteiger partial charge >= 0.3 is 6.01 Å². The Morgan fingerprint density at radius 2 is 2.17 bits per heavy atom. The number of hydrogen-bond acceptors (Lipinski definition) is 4. The summed E-state index contributed by atoms with van der Waals surface area (Å²) in [5.41, 5.74) is 1.13. The highest BCUT2D eigenvalue weighted by atomic mass is 16.5. The summed E-state index contributed by atoms with van der Waals surface area (Å²) in [5.74, 6) is 0.183. The number of rotatable bonds is 5. The van der Waals surface area contributed by atoms with Gasteiger partial charge in [0.1, 0.15) is 0 Å². The van der Waals surface area contributed by atoms with Gasteiger partial charge in [-0.05, 0) is 12.0 Å². The van der Waals surface area contributed by atoms with Crippen LogP contribution in [-0.2, 0) is 11.2 Å². The van der Waals surface area contributed by atoms with E-state index in [4.69, 9.17) is 4.74 Å². The largest absolute Gasteiger partial charge is 0.466 e. The van der Waals surface area contributed by atoms with Crippen molar-refractivity contribution in [1.29, 1.82) is 0 Å². The van der Waals surface area contributed by atoms with Gasteiger partial charge in [-0.25, -0.2) is 5.10 Å². The van der Waals surface area contributed by atoms with Gasteiger partial charge in [-0.2, -0.15) is 4.98 Å². The van der Waals surface area contributed by atoms with E-state index in [1.165, 1.54) is 7.11 Å². The number of amides is 1.